The lowest BCUT2D eigenvalue weighted by atomic mass is 9.76. The van der Waals surface area contributed by atoms with Gasteiger partial charge in [-0.25, -0.2) is 0 Å². The zero-order valence-corrected chi connectivity index (χ0v) is 12.6. The molecule has 2 rings (SSSR count). The second-order valence-electron chi connectivity index (χ2n) is 5.39. The molecule has 1 aromatic rings. The van der Waals surface area contributed by atoms with E-state index in [1.165, 1.54) is 5.56 Å². The van der Waals surface area contributed by atoms with Crippen LogP contribution in [0.25, 0.3) is 0 Å². The maximum absolute atomic E-state index is 12.6. The SMILES string of the molecule is CCOC(=O)C1(c2ccc(C)cc2)CCCC1OCC. The monoisotopic (exact) mass is 276 g/mol. The lowest BCUT2D eigenvalue weighted by molar-refractivity contribution is -0.155. The molecule has 0 heterocycles. The molecule has 0 bridgehead atoms. The molecule has 1 aliphatic carbocycles. The van der Waals surface area contributed by atoms with Crippen LogP contribution < -0.4 is 0 Å². The number of aryl methyl sites for hydroxylation is 1. The first kappa shape index (κ1) is 15.0. The first-order chi connectivity index (χ1) is 9.65. The van der Waals surface area contributed by atoms with E-state index in [4.69, 9.17) is 9.47 Å². The molecule has 1 aliphatic rings. The zero-order chi connectivity index (χ0) is 14.6. The van der Waals surface area contributed by atoms with Gasteiger partial charge >= 0.3 is 5.97 Å². The van der Waals surface area contributed by atoms with Crippen LogP contribution >= 0.6 is 0 Å². The second kappa shape index (κ2) is 6.40. The van der Waals surface area contributed by atoms with E-state index in [-0.39, 0.29) is 12.1 Å². The Balaban J connectivity index is 2.42. The molecule has 0 amide bonds. The predicted octanol–water partition coefficient (Wildman–Crippen LogP) is 3.38. The minimum atomic E-state index is -0.625. The summed E-state index contributed by atoms with van der Waals surface area (Å²) in [7, 11) is 0. The zero-order valence-electron chi connectivity index (χ0n) is 12.6. The second-order valence-corrected chi connectivity index (χ2v) is 5.39. The van der Waals surface area contributed by atoms with E-state index in [9.17, 15) is 4.79 Å². The van der Waals surface area contributed by atoms with Crippen LogP contribution in [-0.4, -0.2) is 25.3 Å². The molecular formula is C17H24O3. The van der Waals surface area contributed by atoms with Crippen molar-refractivity contribution in [3.8, 4) is 0 Å². The molecule has 0 N–H and O–H groups in total. The van der Waals surface area contributed by atoms with Gasteiger partial charge in [-0.05, 0) is 45.6 Å². The minimum Gasteiger partial charge on any atom is -0.465 e. The molecule has 1 fully saturated rings. The van der Waals surface area contributed by atoms with Gasteiger partial charge in [0, 0.05) is 6.61 Å². The fraction of sp³-hybridized carbons (Fsp3) is 0.588. The molecular weight excluding hydrogens is 252 g/mol. The number of carbonyl (C=O) groups is 1. The number of ether oxygens (including phenoxy) is 2. The number of carbonyl (C=O) groups excluding carboxylic acids is 1. The van der Waals surface area contributed by atoms with E-state index < -0.39 is 5.41 Å². The van der Waals surface area contributed by atoms with E-state index in [1.807, 2.05) is 26.0 Å². The molecule has 3 nitrogen and oxygen atoms in total. The third-order valence-corrected chi connectivity index (χ3v) is 4.16. The third kappa shape index (κ3) is 2.59. The predicted molar refractivity (Wildman–Crippen MR) is 78.8 cm³/mol. The van der Waals surface area contributed by atoms with Crippen LogP contribution in [0.15, 0.2) is 24.3 Å². The molecule has 0 saturated heterocycles. The van der Waals surface area contributed by atoms with Crippen molar-refractivity contribution < 1.29 is 14.3 Å². The van der Waals surface area contributed by atoms with Crippen LogP contribution in [0.2, 0.25) is 0 Å². The van der Waals surface area contributed by atoms with Crippen LogP contribution in [-0.2, 0) is 19.7 Å². The lowest BCUT2D eigenvalue weighted by Crippen LogP contribution is -2.45. The molecule has 20 heavy (non-hydrogen) atoms. The van der Waals surface area contributed by atoms with Crippen molar-refractivity contribution in [1.82, 2.24) is 0 Å². The Morgan fingerprint density at radius 1 is 1.25 bits per heavy atom. The minimum absolute atomic E-state index is 0.0748. The summed E-state index contributed by atoms with van der Waals surface area (Å²) in [6, 6.07) is 8.20. The van der Waals surface area contributed by atoms with E-state index in [0.717, 1.165) is 24.8 Å². The summed E-state index contributed by atoms with van der Waals surface area (Å²) in [5.41, 5.74) is 1.59. The molecule has 0 aromatic heterocycles. The van der Waals surface area contributed by atoms with Crippen molar-refractivity contribution in [2.24, 2.45) is 0 Å². The highest BCUT2D eigenvalue weighted by molar-refractivity contribution is 5.84. The summed E-state index contributed by atoms with van der Waals surface area (Å²) in [6.45, 7) is 6.91. The summed E-state index contributed by atoms with van der Waals surface area (Å²) in [5, 5.41) is 0. The standard InChI is InChI=1S/C17H24O3/c1-4-19-15-7-6-12-17(15,16(18)20-5-2)14-10-8-13(3)9-11-14/h8-11,15H,4-7,12H2,1-3H3. The smallest absolute Gasteiger partial charge is 0.319 e. The van der Waals surface area contributed by atoms with Gasteiger partial charge in [-0.15, -0.1) is 0 Å². The normalized spacial score (nSPS) is 25.6. The molecule has 2 atom stereocenters. The first-order valence-corrected chi connectivity index (χ1v) is 7.51. The largest absolute Gasteiger partial charge is 0.465 e. The highest BCUT2D eigenvalue weighted by atomic mass is 16.5. The number of hydrogen-bond donors (Lipinski definition) is 0. The highest BCUT2D eigenvalue weighted by Crippen LogP contribution is 2.44. The van der Waals surface area contributed by atoms with Gasteiger partial charge in [-0.3, -0.25) is 4.79 Å². The lowest BCUT2D eigenvalue weighted by Gasteiger charge is -2.33. The molecule has 0 spiro atoms. The maximum Gasteiger partial charge on any atom is 0.319 e. The Kier molecular flexibility index (Phi) is 4.81. The molecule has 110 valence electrons. The molecule has 0 radical (unpaired) electrons. The van der Waals surface area contributed by atoms with Gasteiger partial charge in [0.25, 0.3) is 0 Å². The van der Waals surface area contributed by atoms with Crippen molar-refractivity contribution in [1.29, 1.82) is 0 Å². The summed E-state index contributed by atoms with van der Waals surface area (Å²) >= 11 is 0. The van der Waals surface area contributed by atoms with Crippen LogP contribution in [0.4, 0.5) is 0 Å². The summed E-state index contributed by atoms with van der Waals surface area (Å²) in [5.74, 6) is -0.139. The van der Waals surface area contributed by atoms with E-state index >= 15 is 0 Å². The Labute approximate surface area is 121 Å². The maximum atomic E-state index is 12.6. The van der Waals surface area contributed by atoms with Gasteiger partial charge < -0.3 is 9.47 Å². The summed E-state index contributed by atoms with van der Waals surface area (Å²) in [4.78, 5) is 12.6. The van der Waals surface area contributed by atoms with Gasteiger partial charge in [0.2, 0.25) is 0 Å². The quantitative estimate of drug-likeness (QED) is 0.773. The van der Waals surface area contributed by atoms with E-state index in [0.29, 0.717) is 13.2 Å². The molecule has 3 heteroatoms. The van der Waals surface area contributed by atoms with Crippen molar-refractivity contribution in [3.05, 3.63) is 35.4 Å². The number of benzene rings is 1. The number of rotatable bonds is 5. The molecule has 2 unspecified atom stereocenters. The Morgan fingerprint density at radius 3 is 2.55 bits per heavy atom. The van der Waals surface area contributed by atoms with Gasteiger partial charge in [-0.1, -0.05) is 29.8 Å². The van der Waals surface area contributed by atoms with Crippen LogP contribution in [0.3, 0.4) is 0 Å². The summed E-state index contributed by atoms with van der Waals surface area (Å²) in [6.07, 6.45) is 2.64. The van der Waals surface area contributed by atoms with Crippen molar-refractivity contribution in [3.63, 3.8) is 0 Å². The molecule has 1 aromatic carbocycles. The van der Waals surface area contributed by atoms with E-state index in [2.05, 4.69) is 19.1 Å². The third-order valence-electron chi connectivity index (χ3n) is 4.16. The molecule has 1 saturated carbocycles. The highest BCUT2D eigenvalue weighted by Gasteiger charge is 2.52. The van der Waals surface area contributed by atoms with Crippen LogP contribution in [0.5, 0.6) is 0 Å². The summed E-state index contributed by atoms with van der Waals surface area (Å²) < 4.78 is 11.2. The van der Waals surface area contributed by atoms with Gasteiger partial charge in [0.15, 0.2) is 0 Å². The number of esters is 1. The first-order valence-electron chi connectivity index (χ1n) is 7.51. The molecule has 0 aliphatic heterocycles. The van der Waals surface area contributed by atoms with Crippen molar-refractivity contribution in [2.45, 2.75) is 51.6 Å². The van der Waals surface area contributed by atoms with Gasteiger partial charge in [0.1, 0.15) is 5.41 Å². The van der Waals surface area contributed by atoms with Crippen molar-refractivity contribution >= 4 is 5.97 Å². The topological polar surface area (TPSA) is 35.5 Å². The fourth-order valence-corrected chi connectivity index (χ4v) is 3.19. The van der Waals surface area contributed by atoms with Crippen molar-refractivity contribution in [2.75, 3.05) is 13.2 Å². The number of hydrogen-bond acceptors (Lipinski definition) is 3. The van der Waals surface area contributed by atoms with E-state index in [1.54, 1.807) is 0 Å². The van der Waals surface area contributed by atoms with Crippen LogP contribution in [0.1, 0.15) is 44.2 Å². The van der Waals surface area contributed by atoms with Gasteiger partial charge in [0.05, 0.1) is 12.7 Å². The fourth-order valence-electron chi connectivity index (χ4n) is 3.19. The Hall–Kier alpha value is -1.35. The Bertz CT molecular complexity index is 452. The van der Waals surface area contributed by atoms with Gasteiger partial charge in [-0.2, -0.15) is 0 Å². The average molecular weight is 276 g/mol. The van der Waals surface area contributed by atoms with Crippen LogP contribution in [0, 0.1) is 6.92 Å². The Morgan fingerprint density at radius 2 is 1.95 bits per heavy atom. The average Bonchev–Trinajstić information content (AvgIpc) is 2.85.